The van der Waals surface area contributed by atoms with Gasteiger partial charge < -0.3 is 15.2 Å². The third kappa shape index (κ3) is 3.21. The maximum Gasteiger partial charge on any atom is 0.269 e. The summed E-state index contributed by atoms with van der Waals surface area (Å²) in [5.41, 5.74) is -0.0101. The minimum Gasteiger partial charge on any atom is -0.545 e. The van der Waals surface area contributed by atoms with E-state index in [0.717, 1.165) is 0 Å². The minimum atomic E-state index is -1.41. The highest BCUT2D eigenvalue weighted by atomic mass is 16.6. The fourth-order valence-electron chi connectivity index (χ4n) is 1.70. The molecule has 1 amide bonds. The van der Waals surface area contributed by atoms with Crippen molar-refractivity contribution >= 4 is 23.3 Å². The smallest absolute Gasteiger partial charge is 0.269 e. The van der Waals surface area contributed by atoms with Crippen molar-refractivity contribution in [3.8, 4) is 0 Å². The molecule has 0 unspecified atom stereocenters. The van der Waals surface area contributed by atoms with E-state index in [2.05, 4.69) is 5.32 Å². The maximum absolute atomic E-state index is 12.0. The number of nitrogens with one attached hydrogen (secondary N) is 1. The molecule has 0 heterocycles. The lowest BCUT2D eigenvalue weighted by atomic mass is 10.1. The summed E-state index contributed by atoms with van der Waals surface area (Å²) in [6.07, 6.45) is 0. The number of carbonyl (C=O) groups is 2. The number of rotatable bonds is 4. The molecule has 0 saturated heterocycles. The Kier molecular flexibility index (Phi) is 3.94. The summed E-state index contributed by atoms with van der Waals surface area (Å²) in [4.78, 5) is 32.8. The molecule has 0 aliphatic heterocycles. The SMILES string of the molecule is O=C(Nc1ccccc1C(=O)[O-])c1ccc([N+](=O)[O-])cc1. The average molecular weight is 285 g/mol. The van der Waals surface area contributed by atoms with Gasteiger partial charge in [0.2, 0.25) is 0 Å². The lowest BCUT2D eigenvalue weighted by Gasteiger charge is -2.11. The van der Waals surface area contributed by atoms with Crippen molar-refractivity contribution in [2.45, 2.75) is 0 Å². The van der Waals surface area contributed by atoms with Gasteiger partial charge in [-0.25, -0.2) is 0 Å². The van der Waals surface area contributed by atoms with Gasteiger partial charge in [0.05, 0.1) is 16.6 Å². The minimum absolute atomic E-state index is 0.0980. The molecule has 2 rings (SSSR count). The van der Waals surface area contributed by atoms with Gasteiger partial charge in [-0.2, -0.15) is 0 Å². The first-order chi connectivity index (χ1) is 9.99. The molecule has 1 N–H and O–H groups in total. The molecule has 106 valence electrons. The molecule has 0 aromatic heterocycles. The van der Waals surface area contributed by atoms with Gasteiger partial charge in [-0.3, -0.25) is 14.9 Å². The fourth-order valence-corrected chi connectivity index (χ4v) is 1.70. The van der Waals surface area contributed by atoms with Crippen LogP contribution in [0.3, 0.4) is 0 Å². The Morgan fingerprint density at radius 3 is 2.19 bits per heavy atom. The zero-order valence-corrected chi connectivity index (χ0v) is 10.6. The van der Waals surface area contributed by atoms with Gasteiger partial charge in [0.1, 0.15) is 0 Å². The molecule has 0 fully saturated rings. The highest BCUT2D eigenvalue weighted by Crippen LogP contribution is 2.17. The second kappa shape index (κ2) is 5.83. The normalized spacial score (nSPS) is 9.90. The summed E-state index contributed by atoms with van der Waals surface area (Å²) in [5, 5.41) is 23.9. The first-order valence-electron chi connectivity index (χ1n) is 5.85. The number of nitro groups is 1. The number of anilines is 1. The van der Waals surface area contributed by atoms with Crippen molar-refractivity contribution in [2.75, 3.05) is 5.32 Å². The van der Waals surface area contributed by atoms with Crippen LogP contribution in [0.25, 0.3) is 0 Å². The van der Waals surface area contributed by atoms with Gasteiger partial charge in [-0.05, 0) is 18.2 Å². The van der Waals surface area contributed by atoms with Crippen LogP contribution in [0.5, 0.6) is 0 Å². The standard InChI is InChI=1S/C14H10N2O5/c17-13(9-5-7-10(8-6-9)16(20)21)15-12-4-2-1-3-11(12)14(18)19/h1-8H,(H,15,17)(H,18,19)/p-1. The van der Waals surface area contributed by atoms with Crippen molar-refractivity contribution in [1.82, 2.24) is 0 Å². The van der Waals surface area contributed by atoms with Gasteiger partial charge in [-0.15, -0.1) is 0 Å². The molecule has 21 heavy (non-hydrogen) atoms. The molecule has 7 nitrogen and oxygen atoms in total. The Morgan fingerprint density at radius 2 is 1.62 bits per heavy atom. The van der Waals surface area contributed by atoms with Crippen LogP contribution in [0.4, 0.5) is 11.4 Å². The van der Waals surface area contributed by atoms with Crippen LogP contribution in [0.15, 0.2) is 48.5 Å². The summed E-state index contributed by atoms with van der Waals surface area (Å²) in [6, 6.07) is 10.8. The Hall–Kier alpha value is -3.22. The molecular weight excluding hydrogens is 276 g/mol. The molecule has 0 aliphatic carbocycles. The Labute approximate surface area is 119 Å². The number of nitro benzene ring substituents is 1. The van der Waals surface area contributed by atoms with E-state index in [-0.39, 0.29) is 22.5 Å². The van der Waals surface area contributed by atoms with E-state index in [9.17, 15) is 24.8 Å². The van der Waals surface area contributed by atoms with Gasteiger partial charge in [0.15, 0.2) is 0 Å². The number of aromatic carboxylic acids is 1. The van der Waals surface area contributed by atoms with E-state index in [0.29, 0.717) is 0 Å². The van der Waals surface area contributed by atoms with Crippen molar-refractivity contribution in [2.24, 2.45) is 0 Å². The molecule has 0 bridgehead atoms. The molecule has 2 aromatic carbocycles. The van der Waals surface area contributed by atoms with Crippen LogP contribution in [0.2, 0.25) is 0 Å². The van der Waals surface area contributed by atoms with Gasteiger partial charge in [-0.1, -0.05) is 18.2 Å². The third-order valence-corrected chi connectivity index (χ3v) is 2.74. The topological polar surface area (TPSA) is 112 Å². The zero-order chi connectivity index (χ0) is 15.4. The van der Waals surface area contributed by atoms with E-state index < -0.39 is 16.8 Å². The second-order valence-corrected chi connectivity index (χ2v) is 4.09. The number of carboxylic acids is 1. The zero-order valence-electron chi connectivity index (χ0n) is 10.6. The first kappa shape index (κ1) is 14.2. The summed E-state index contributed by atoms with van der Waals surface area (Å²) in [6.45, 7) is 0. The third-order valence-electron chi connectivity index (χ3n) is 2.74. The predicted octanol–water partition coefficient (Wildman–Crippen LogP) is 1.21. The quantitative estimate of drug-likeness (QED) is 0.670. The number of carbonyl (C=O) groups excluding carboxylic acids is 2. The van der Waals surface area contributed by atoms with Crippen LogP contribution >= 0.6 is 0 Å². The van der Waals surface area contributed by atoms with E-state index >= 15 is 0 Å². The van der Waals surface area contributed by atoms with Crippen molar-refractivity contribution < 1.29 is 19.6 Å². The fraction of sp³-hybridized carbons (Fsp3) is 0. The lowest BCUT2D eigenvalue weighted by molar-refractivity contribution is -0.384. The molecule has 0 saturated carbocycles. The predicted molar refractivity (Wildman–Crippen MR) is 71.8 cm³/mol. The Balaban J connectivity index is 2.22. The van der Waals surface area contributed by atoms with Crippen LogP contribution in [-0.4, -0.2) is 16.8 Å². The molecular formula is C14H9N2O5-. The molecule has 2 aromatic rings. The average Bonchev–Trinajstić information content (AvgIpc) is 2.47. The summed E-state index contributed by atoms with van der Waals surface area (Å²) in [5.74, 6) is -1.98. The number of carboxylic acid groups (broad SMARTS) is 1. The van der Waals surface area contributed by atoms with E-state index in [1.807, 2.05) is 0 Å². The molecule has 0 radical (unpaired) electrons. The highest BCUT2D eigenvalue weighted by Gasteiger charge is 2.11. The summed E-state index contributed by atoms with van der Waals surface area (Å²) >= 11 is 0. The first-order valence-corrected chi connectivity index (χ1v) is 5.85. The number of amides is 1. The van der Waals surface area contributed by atoms with Crippen LogP contribution in [0, 0.1) is 10.1 Å². The number of nitrogens with zero attached hydrogens (tertiary/aromatic N) is 1. The second-order valence-electron chi connectivity index (χ2n) is 4.09. The van der Waals surface area contributed by atoms with E-state index in [1.54, 1.807) is 6.07 Å². The Bertz CT molecular complexity index is 710. The number of hydrogen-bond donors (Lipinski definition) is 1. The van der Waals surface area contributed by atoms with E-state index in [1.165, 1.54) is 42.5 Å². The van der Waals surface area contributed by atoms with Crippen molar-refractivity contribution in [3.05, 3.63) is 69.8 Å². The van der Waals surface area contributed by atoms with Gasteiger partial charge >= 0.3 is 0 Å². The van der Waals surface area contributed by atoms with Crippen molar-refractivity contribution in [3.63, 3.8) is 0 Å². The number of non-ortho nitro benzene ring substituents is 1. The van der Waals surface area contributed by atoms with Gasteiger partial charge in [0, 0.05) is 23.3 Å². The van der Waals surface area contributed by atoms with E-state index in [4.69, 9.17) is 0 Å². The van der Waals surface area contributed by atoms with Crippen molar-refractivity contribution in [1.29, 1.82) is 0 Å². The monoisotopic (exact) mass is 285 g/mol. The lowest BCUT2D eigenvalue weighted by Crippen LogP contribution is -2.24. The molecule has 0 spiro atoms. The Morgan fingerprint density at radius 1 is 1.00 bits per heavy atom. The summed E-state index contributed by atoms with van der Waals surface area (Å²) in [7, 11) is 0. The van der Waals surface area contributed by atoms with Crippen LogP contribution in [-0.2, 0) is 0 Å². The van der Waals surface area contributed by atoms with Crippen LogP contribution in [0.1, 0.15) is 20.7 Å². The number of benzene rings is 2. The number of para-hydroxylation sites is 1. The molecule has 7 heteroatoms. The molecule has 0 aliphatic rings. The highest BCUT2D eigenvalue weighted by molar-refractivity contribution is 6.07. The maximum atomic E-state index is 12.0. The van der Waals surface area contributed by atoms with Gasteiger partial charge in [0.25, 0.3) is 11.6 Å². The number of hydrogen-bond acceptors (Lipinski definition) is 5. The summed E-state index contributed by atoms with van der Waals surface area (Å²) < 4.78 is 0. The molecule has 0 atom stereocenters. The van der Waals surface area contributed by atoms with Crippen LogP contribution < -0.4 is 10.4 Å². The largest absolute Gasteiger partial charge is 0.545 e.